The number of carbonyl (C=O) groups excluding carboxylic acids is 2. The summed E-state index contributed by atoms with van der Waals surface area (Å²) in [5.74, 6) is -0.732. The van der Waals surface area contributed by atoms with Gasteiger partial charge >= 0.3 is 5.97 Å². The summed E-state index contributed by atoms with van der Waals surface area (Å²) in [6.45, 7) is 2.65. The topological polar surface area (TPSA) is 46.6 Å². The number of esters is 1. The summed E-state index contributed by atoms with van der Waals surface area (Å²) >= 11 is 6.22. The Morgan fingerprint density at radius 1 is 1.62 bits per heavy atom. The van der Waals surface area contributed by atoms with Crippen LogP contribution in [0.2, 0.25) is 0 Å². The van der Waals surface area contributed by atoms with Crippen LogP contribution in [0.4, 0.5) is 0 Å². The van der Waals surface area contributed by atoms with Gasteiger partial charge in [0.25, 0.3) is 5.91 Å². The number of hydrogen-bond donors (Lipinski definition) is 0. The predicted molar refractivity (Wildman–Crippen MR) is 66.9 cm³/mol. The fourth-order valence-corrected chi connectivity index (χ4v) is 2.44. The maximum Gasteiger partial charge on any atom is 0.331 e. The molecule has 1 heterocycles. The Morgan fingerprint density at radius 3 is 2.88 bits per heavy atom. The Labute approximate surface area is 104 Å². The third-order valence-corrected chi connectivity index (χ3v) is 3.44. The maximum atomic E-state index is 11.8. The second kappa shape index (κ2) is 6.00. The van der Waals surface area contributed by atoms with E-state index < -0.39 is 5.97 Å². The molecule has 88 valence electrons. The third kappa shape index (κ3) is 3.05. The zero-order valence-electron chi connectivity index (χ0n) is 9.19. The first-order valence-corrected chi connectivity index (χ1v) is 6.16. The predicted octanol–water partition coefficient (Wildman–Crippen LogP) is 1.70. The molecular weight excluding hydrogens is 246 g/mol. The molecule has 0 aliphatic carbocycles. The third-order valence-electron chi connectivity index (χ3n) is 2.06. The molecular formula is C10H13NO3S2. The molecule has 1 aliphatic heterocycles. The molecule has 6 heteroatoms. The van der Waals surface area contributed by atoms with Crippen molar-refractivity contribution in [2.24, 2.45) is 0 Å². The fourth-order valence-electron chi connectivity index (χ4n) is 1.17. The zero-order chi connectivity index (χ0) is 12.1. The lowest BCUT2D eigenvalue weighted by Crippen LogP contribution is -2.29. The van der Waals surface area contributed by atoms with E-state index in [4.69, 9.17) is 12.2 Å². The summed E-state index contributed by atoms with van der Waals surface area (Å²) in [4.78, 5) is 24.7. The number of amides is 1. The van der Waals surface area contributed by atoms with Gasteiger partial charge in [-0.2, -0.15) is 0 Å². The molecule has 1 aliphatic rings. The van der Waals surface area contributed by atoms with Crippen LogP contribution >= 0.6 is 24.0 Å². The van der Waals surface area contributed by atoms with Crippen LogP contribution in [0.1, 0.15) is 19.8 Å². The minimum atomic E-state index is -0.531. The Morgan fingerprint density at radius 2 is 2.31 bits per heavy atom. The van der Waals surface area contributed by atoms with Gasteiger partial charge < -0.3 is 4.74 Å². The van der Waals surface area contributed by atoms with Crippen LogP contribution in [0.3, 0.4) is 0 Å². The molecule has 1 amide bonds. The molecule has 0 aromatic carbocycles. The molecule has 16 heavy (non-hydrogen) atoms. The maximum absolute atomic E-state index is 11.8. The molecule has 0 atom stereocenters. The highest BCUT2D eigenvalue weighted by Gasteiger charge is 2.31. The van der Waals surface area contributed by atoms with Gasteiger partial charge in [-0.3, -0.25) is 9.69 Å². The standard InChI is InChI=1S/C10H13NO3S2/c1-3-4-5-11-9(13)7(16-10(11)15)6-8(12)14-2/h6H,3-5H2,1-2H3/b7-6-. The number of carbonyl (C=O) groups is 2. The van der Waals surface area contributed by atoms with Crippen molar-refractivity contribution in [1.29, 1.82) is 0 Å². The highest BCUT2D eigenvalue weighted by molar-refractivity contribution is 8.26. The quantitative estimate of drug-likeness (QED) is 0.437. The number of ether oxygens (including phenoxy) is 1. The normalized spacial score (nSPS) is 18.4. The van der Waals surface area contributed by atoms with Crippen LogP contribution in [0.15, 0.2) is 11.0 Å². The van der Waals surface area contributed by atoms with E-state index in [1.807, 2.05) is 6.92 Å². The van der Waals surface area contributed by atoms with Crippen molar-refractivity contribution in [3.8, 4) is 0 Å². The van der Waals surface area contributed by atoms with Crippen molar-refractivity contribution in [3.63, 3.8) is 0 Å². The van der Waals surface area contributed by atoms with Crippen molar-refractivity contribution in [3.05, 3.63) is 11.0 Å². The van der Waals surface area contributed by atoms with Crippen LogP contribution in [0.25, 0.3) is 0 Å². The van der Waals surface area contributed by atoms with Crippen molar-refractivity contribution < 1.29 is 14.3 Å². The monoisotopic (exact) mass is 259 g/mol. The number of unbranched alkanes of at least 4 members (excludes halogenated alkanes) is 1. The van der Waals surface area contributed by atoms with Gasteiger partial charge in [0, 0.05) is 12.6 Å². The molecule has 4 nitrogen and oxygen atoms in total. The number of thioether (sulfide) groups is 1. The van der Waals surface area contributed by atoms with Crippen molar-refractivity contribution in [1.82, 2.24) is 4.90 Å². The highest BCUT2D eigenvalue weighted by Crippen LogP contribution is 2.30. The van der Waals surface area contributed by atoms with E-state index in [1.165, 1.54) is 18.1 Å². The Hall–Kier alpha value is -0.880. The lowest BCUT2D eigenvalue weighted by atomic mass is 10.3. The van der Waals surface area contributed by atoms with Crippen molar-refractivity contribution >= 4 is 40.2 Å². The Balaban J connectivity index is 2.74. The van der Waals surface area contributed by atoms with Crippen LogP contribution < -0.4 is 0 Å². The van der Waals surface area contributed by atoms with E-state index in [9.17, 15) is 9.59 Å². The van der Waals surface area contributed by atoms with Gasteiger partial charge in [-0.15, -0.1) is 0 Å². The Kier molecular flexibility index (Phi) is 4.95. The number of methoxy groups -OCH3 is 1. The van der Waals surface area contributed by atoms with E-state index in [1.54, 1.807) is 0 Å². The van der Waals surface area contributed by atoms with E-state index in [0.717, 1.165) is 24.6 Å². The first-order chi connectivity index (χ1) is 7.60. The summed E-state index contributed by atoms with van der Waals surface area (Å²) < 4.78 is 4.98. The van der Waals surface area contributed by atoms with Gasteiger partial charge in [0.05, 0.1) is 12.0 Å². The number of nitrogens with zero attached hydrogens (tertiary/aromatic N) is 1. The first-order valence-electron chi connectivity index (χ1n) is 4.93. The summed E-state index contributed by atoms with van der Waals surface area (Å²) in [7, 11) is 1.27. The second-order valence-corrected chi connectivity index (χ2v) is 4.89. The lowest BCUT2D eigenvalue weighted by Gasteiger charge is -2.12. The molecule has 0 saturated carbocycles. The molecule has 1 saturated heterocycles. The molecule has 1 fully saturated rings. The minimum absolute atomic E-state index is 0.200. The van der Waals surface area contributed by atoms with Crippen molar-refractivity contribution in [2.45, 2.75) is 19.8 Å². The van der Waals surface area contributed by atoms with Crippen LogP contribution in [-0.2, 0) is 14.3 Å². The summed E-state index contributed by atoms with van der Waals surface area (Å²) in [6, 6.07) is 0. The molecule has 0 aromatic rings. The zero-order valence-corrected chi connectivity index (χ0v) is 10.8. The average Bonchev–Trinajstić information content (AvgIpc) is 2.52. The van der Waals surface area contributed by atoms with E-state index in [2.05, 4.69) is 4.74 Å². The summed E-state index contributed by atoms with van der Waals surface area (Å²) in [5.41, 5.74) is 0. The SMILES string of the molecule is CCCCN1C(=O)/C(=C/C(=O)OC)SC1=S. The van der Waals surface area contributed by atoms with Gasteiger partial charge in [0.1, 0.15) is 4.32 Å². The Bertz CT molecular complexity index is 352. The van der Waals surface area contributed by atoms with Gasteiger partial charge in [0.15, 0.2) is 0 Å². The molecule has 0 unspecified atom stereocenters. The van der Waals surface area contributed by atoms with Gasteiger partial charge in [-0.1, -0.05) is 37.3 Å². The summed E-state index contributed by atoms with van der Waals surface area (Å²) in [5, 5.41) is 0. The highest BCUT2D eigenvalue weighted by atomic mass is 32.2. The molecule has 0 spiro atoms. The van der Waals surface area contributed by atoms with E-state index in [0.29, 0.717) is 15.8 Å². The summed E-state index contributed by atoms with van der Waals surface area (Å²) in [6.07, 6.45) is 3.08. The molecule has 0 radical (unpaired) electrons. The van der Waals surface area contributed by atoms with E-state index >= 15 is 0 Å². The molecule has 1 rings (SSSR count). The van der Waals surface area contributed by atoms with Gasteiger partial charge in [-0.05, 0) is 6.42 Å². The van der Waals surface area contributed by atoms with Gasteiger partial charge in [0.2, 0.25) is 0 Å². The van der Waals surface area contributed by atoms with Gasteiger partial charge in [-0.25, -0.2) is 4.79 Å². The van der Waals surface area contributed by atoms with Crippen molar-refractivity contribution in [2.75, 3.05) is 13.7 Å². The van der Waals surface area contributed by atoms with Crippen LogP contribution in [0.5, 0.6) is 0 Å². The average molecular weight is 259 g/mol. The van der Waals surface area contributed by atoms with Crippen LogP contribution in [-0.4, -0.2) is 34.8 Å². The fraction of sp³-hybridized carbons (Fsp3) is 0.500. The smallest absolute Gasteiger partial charge is 0.331 e. The lowest BCUT2D eigenvalue weighted by molar-refractivity contribution is -0.135. The minimum Gasteiger partial charge on any atom is -0.466 e. The van der Waals surface area contributed by atoms with Crippen LogP contribution in [0, 0.1) is 0 Å². The largest absolute Gasteiger partial charge is 0.466 e. The molecule has 0 bridgehead atoms. The number of hydrogen-bond acceptors (Lipinski definition) is 5. The number of rotatable bonds is 4. The van der Waals surface area contributed by atoms with E-state index in [-0.39, 0.29) is 5.91 Å². The molecule has 0 aromatic heterocycles. The second-order valence-electron chi connectivity index (χ2n) is 3.21. The first kappa shape index (κ1) is 13.2. The molecule has 0 N–H and O–H groups in total. The number of thiocarbonyl (C=S) groups is 1.